The fraction of sp³-hybridized carbons (Fsp3) is 1.00. The summed E-state index contributed by atoms with van der Waals surface area (Å²) in [7, 11) is 0. The van der Waals surface area contributed by atoms with Gasteiger partial charge in [0.1, 0.15) is 0 Å². The third-order valence-corrected chi connectivity index (χ3v) is 2.28. The van der Waals surface area contributed by atoms with Crippen LogP contribution in [0.15, 0.2) is 0 Å². The summed E-state index contributed by atoms with van der Waals surface area (Å²) in [5, 5.41) is 3.63. The van der Waals surface area contributed by atoms with Gasteiger partial charge in [-0.3, -0.25) is 0 Å². The molecular weight excluding hydrogens is 265 g/mol. The van der Waals surface area contributed by atoms with E-state index in [9.17, 15) is 0 Å². The van der Waals surface area contributed by atoms with Crippen molar-refractivity contribution in [3.05, 3.63) is 0 Å². The van der Waals surface area contributed by atoms with Crippen LogP contribution in [-0.2, 0) is 19.5 Å². The van der Waals surface area contributed by atoms with Gasteiger partial charge in [-0.15, -0.1) is 24.8 Å². The molecule has 1 rings (SSSR count). The SMILES string of the molecule is CC1(C)CCCC(C)(C)N1.Cl.Cl.[LiH].[Zn]. The van der Waals surface area contributed by atoms with E-state index >= 15 is 0 Å². The number of rotatable bonds is 0. The molecule has 0 saturated carbocycles. The maximum atomic E-state index is 3.63. The van der Waals surface area contributed by atoms with E-state index in [2.05, 4.69) is 33.0 Å². The molecule has 0 unspecified atom stereocenters. The summed E-state index contributed by atoms with van der Waals surface area (Å²) in [6.07, 6.45) is 4.00. The van der Waals surface area contributed by atoms with Crippen LogP contribution in [0.3, 0.4) is 0 Å². The molecule has 14 heavy (non-hydrogen) atoms. The number of halogens is 2. The van der Waals surface area contributed by atoms with Crippen molar-refractivity contribution >= 4 is 43.7 Å². The topological polar surface area (TPSA) is 12.0 Å². The summed E-state index contributed by atoms with van der Waals surface area (Å²) in [4.78, 5) is 0. The number of hydrogen-bond acceptors (Lipinski definition) is 1. The third kappa shape index (κ3) is 9.02. The molecule has 1 N–H and O–H groups in total. The van der Waals surface area contributed by atoms with Gasteiger partial charge in [0, 0.05) is 30.6 Å². The van der Waals surface area contributed by atoms with Crippen LogP contribution in [-0.4, -0.2) is 29.9 Å². The maximum Gasteiger partial charge on any atom is 0 e. The van der Waals surface area contributed by atoms with Crippen LogP contribution in [0.25, 0.3) is 0 Å². The Morgan fingerprint density at radius 1 is 0.857 bits per heavy atom. The van der Waals surface area contributed by atoms with E-state index in [0.717, 1.165) is 0 Å². The van der Waals surface area contributed by atoms with E-state index in [1.165, 1.54) is 19.3 Å². The molecule has 1 fully saturated rings. The van der Waals surface area contributed by atoms with Gasteiger partial charge in [0.15, 0.2) is 0 Å². The Balaban J connectivity index is -0.000000125. The van der Waals surface area contributed by atoms with Crippen molar-refractivity contribution in [2.75, 3.05) is 0 Å². The minimum absolute atomic E-state index is 0. The molecule has 1 heterocycles. The zero-order valence-corrected chi connectivity index (χ0v) is 13.7. The monoisotopic (exact) mass is 285 g/mol. The van der Waals surface area contributed by atoms with Gasteiger partial charge in [0.25, 0.3) is 0 Å². The summed E-state index contributed by atoms with van der Waals surface area (Å²) in [5.41, 5.74) is 0.726. The average Bonchev–Trinajstić information content (AvgIpc) is 1.56. The van der Waals surface area contributed by atoms with Gasteiger partial charge >= 0.3 is 18.9 Å². The molecule has 0 amide bonds. The molecule has 0 radical (unpaired) electrons. The summed E-state index contributed by atoms with van der Waals surface area (Å²) >= 11 is 0. The van der Waals surface area contributed by atoms with Crippen LogP contribution >= 0.6 is 24.8 Å². The summed E-state index contributed by atoms with van der Waals surface area (Å²) in [6.45, 7) is 9.14. The van der Waals surface area contributed by atoms with Crippen LogP contribution < -0.4 is 5.32 Å². The van der Waals surface area contributed by atoms with Crippen LogP contribution in [0.4, 0.5) is 0 Å². The first-order valence-electron chi connectivity index (χ1n) is 4.21. The Labute approximate surface area is 126 Å². The van der Waals surface area contributed by atoms with E-state index in [-0.39, 0.29) is 63.2 Å². The first kappa shape index (κ1) is 24.8. The smallest absolute Gasteiger partial charge is 0 e. The van der Waals surface area contributed by atoms with Crippen molar-refractivity contribution in [1.82, 2.24) is 5.32 Å². The second-order valence-electron chi connectivity index (χ2n) is 4.75. The Hall–Kier alpha value is 1.76. The molecule has 1 aliphatic heterocycles. The third-order valence-electron chi connectivity index (χ3n) is 2.28. The zero-order valence-electron chi connectivity index (χ0n) is 9.14. The van der Waals surface area contributed by atoms with E-state index in [1.807, 2.05) is 0 Å². The molecule has 5 heteroatoms. The number of hydrogen-bond donors (Lipinski definition) is 1. The van der Waals surface area contributed by atoms with Crippen LogP contribution in [0.5, 0.6) is 0 Å². The molecule has 1 saturated heterocycles. The minimum Gasteiger partial charge on any atom is 0 e. The number of piperidine rings is 1. The minimum atomic E-state index is 0. The molecule has 1 aliphatic rings. The predicted octanol–water partition coefficient (Wildman–Crippen LogP) is 2.51. The Bertz CT molecular complexity index is 129. The molecule has 0 aromatic rings. The molecule has 1 nitrogen and oxygen atoms in total. The number of nitrogens with one attached hydrogen (secondary N) is 1. The van der Waals surface area contributed by atoms with Crippen molar-refractivity contribution in [1.29, 1.82) is 0 Å². The van der Waals surface area contributed by atoms with Gasteiger partial charge in [0.2, 0.25) is 0 Å². The largest absolute Gasteiger partial charge is 0 e. The van der Waals surface area contributed by atoms with E-state index in [0.29, 0.717) is 11.1 Å². The molecule has 0 aliphatic carbocycles. The van der Waals surface area contributed by atoms with E-state index < -0.39 is 0 Å². The van der Waals surface area contributed by atoms with Crippen molar-refractivity contribution in [2.24, 2.45) is 0 Å². The van der Waals surface area contributed by atoms with E-state index in [4.69, 9.17) is 0 Å². The molecule has 0 aromatic carbocycles. The Morgan fingerprint density at radius 3 is 1.29 bits per heavy atom. The molecule has 0 atom stereocenters. The first-order chi connectivity index (χ1) is 4.41. The second kappa shape index (κ2) is 8.86. The summed E-state index contributed by atoms with van der Waals surface area (Å²) in [6, 6.07) is 0. The first-order valence-corrected chi connectivity index (χ1v) is 4.21. The van der Waals surface area contributed by atoms with Gasteiger partial charge < -0.3 is 5.32 Å². The van der Waals surface area contributed by atoms with Gasteiger partial charge in [-0.2, -0.15) is 0 Å². The fourth-order valence-electron chi connectivity index (χ4n) is 2.01. The second-order valence-corrected chi connectivity index (χ2v) is 4.75. The van der Waals surface area contributed by atoms with Crippen LogP contribution in [0.1, 0.15) is 47.0 Å². The molecule has 80 valence electrons. The average molecular weight is 288 g/mol. The van der Waals surface area contributed by atoms with Crippen molar-refractivity contribution in [2.45, 2.75) is 58.0 Å². The quantitative estimate of drug-likeness (QED) is 0.675. The van der Waals surface area contributed by atoms with Gasteiger partial charge in [-0.25, -0.2) is 0 Å². The van der Waals surface area contributed by atoms with Gasteiger partial charge in [-0.1, -0.05) is 0 Å². The normalized spacial score (nSPS) is 21.4. The van der Waals surface area contributed by atoms with Crippen molar-refractivity contribution in [3.8, 4) is 0 Å². The van der Waals surface area contributed by atoms with E-state index in [1.54, 1.807) is 0 Å². The zero-order chi connectivity index (χ0) is 7.83. The van der Waals surface area contributed by atoms with Crippen LogP contribution in [0, 0.1) is 0 Å². The fourth-order valence-corrected chi connectivity index (χ4v) is 2.01. The molecule has 0 aromatic heterocycles. The summed E-state index contributed by atoms with van der Waals surface area (Å²) in [5.74, 6) is 0. The standard InChI is InChI=1S/C9H19N.2ClH.Li.Zn.H/c1-8(2)6-5-7-9(3,4)10-8;;;;;/h10H,5-7H2,1-4H3;2*1H;;;. The van der Waals surface area contributed by atoms with Gasteiger partial charge in [0.05, 0.1) is 0 Å². The van der Waals surface area contributed by atoms with Crippen molar-refractivity contribution in [3.63, 3.8) is 0 Å². The molecular formula is C9H22Cl2LiNZn. The Kier molecular flexibility index (Phi) is 15.7. The molecule has 0 spiro atoms. The van der Waals surface area contributed by atoms with Gasteiger partial charge in [-0.05, 0) is 47.0 Å². The molecule has 0 bridgehead atoms. The maximum absolute atomic E-state index is 3.63. The summed E-state index contributed by atoms with van der Waals surface area (Å²) < 4.78 is 0. The predicted molar refractivity (Wildman–Crippen MR) is 66.8 cm³/mol. The Morgan fingerprint density at radius 2 is 1.14 bits per heavy atom. The van der Waals surface area contributed by atoms with Crippen LogP contribution in [0.2, 0.25) is 0 Å². The van der Waals surface area contributed by atoms with Crippen molar-refractivity contribution < 1.29 is 19.5 Å².